The maximum atomic E-state index is 12.2. The molecule has 1 aliphatic rings. The lowest BCUT2D eigenvalue weighted by atomic mass is 10.1. The largest absolute Gasteiger partial charge is 0.481 e. The molecule has 31 heavy (non-hydrogen) atoms. The molecular formula is C14H27N4O11P2+. The molecule has 1 aromatic heterocycles. The number of ether oxygens (including phenoxy) is 1. The second-order valence-electron chi connectivity index (χ2n) is 6.27. The third-order valence-electron chi connectivity index (χ3n) is 3.75. The minimum atomic E-state index is -5.63. The van der Waals surface area contributed by atoms with Gasteiger partial charge >= 0.3 is 21.3 Å². The van der Waals surface area contributed by atoms with Crippen LogP contribution >= 0.6 is 15.6 Å². The molecule has 2 unspecified atom stereocenters. The first-order valence-corrected chi connectivity index (χ1v) is 11.2. The number of aliphatic hydroxyl groups is 2. The van der Waals surface area contributed by atoms with E-state index in [2.05, 4.69) is 18.3 Å². The molecule has 1 aliphatic heterocycles. The van der Waals surface area contributed by atoms with Crippen LogP contribution in [0.4, 0.5) is 5.82 Å². The zero-order valence-corrected chi connectivity index (χ0v) is 17.3. The Balaban J connectivity index is 2.06. The first kappa shape index (κ1) is 15.6. The number of likely N-dealkylation sites (N-methyl/N-ethyl adjacent to an activating group) is 1. The predicted octanol–water partition coefficient (Wildman–Crippen LogP) is -1.60. The monoisotopic (exact) mass is 499 g/mol. The molecule has 0 amide bonds. The maximum absolute atomic E-state index is 12.2. The van der Waals surface area contributed by atoms with Gasteiger partial charge in [0, 0.05) is 6.20 Å². The number of quaternary nitrogens is 1. The highest BCUT2D eigenvalue weighted by atomic mass is 31.3. The summed E-state index contributed by atoms with van der Waals surface area (Å²) in [5, 5.41) is 20.3. The van der Waals surface area contributed by atoms with Gasteiger partial charge in [-0.05, 0) is 6.07 Å². The van der Waals surface area contributed by atoms with E-state index >= 15 is 0 Å². The molecule has 0 bridgehead atoms. The SMILES string of the molecule is [2H]C([2H])([2H])[15N+](CCOP(=O)(O)OP(=O)(O)OC[C@H]1O[C@@H](n2ccc(N)nc2=O)[C@H](O)[C@@H]1O)(C([2H])([2H])[2H])C([2H])([2H])[2H]. The van der Waals surface area contributed by atoms with Gasteiger partial charge < -0.3 is 35.0 Å². The average molecular weight is 499 g/mol. The first-order valence-electron chi connectivity index (χ1n) is 12.8. The summed E-state index contributed by atoms with van der Waals surface area (Å²) in [6.45, 7) is -14.9. The summed E-state index contributed by atoms with van der Waals surface area (Å²) in [6.07, 6.45) is -5.62. The van der Waals surface area contributed by atoms with Crippen LogP contribution in [-0.4, -0.2) is 93.0 Å². The second kappa shape index (κ2) is 9.73. The normalized spacial score (nSPS) is 33.7. The first-order chi connectivity index (χ1) is 17.9. The van der Waals surface area contributed by atoms with E-state index in [1.807, 2.05) is 0 Å². The van der Waals surface area contributed by atoms with Crippen molar-refractivity contribution in [2.45, 2.75) is 24.5 Å². The Morgan fingerprint density at radius 2 is 1.90 bits per heavy atom. The molecule has 0 saturated carbocycles. The highest BCUT2D eigenvalue weighted by Gasteiger charge is 2.46. The van der Waals surface area contributed by atoms with Crippen molar-refractivity contribution in [3.8, 4) is 0 Å². The van der Waals surface area contributed by atoms with Gasteiger partial charge in [0.2, 0.25) is 0 Å². The van der Waals surface area contributed by atoms with Crippen LogP contribution in [0.3, 0.4) is 0 Å². The molecule has 6 atom stereocenters. The number of phosphoric ester groups is 2. The number of nitrogen functional groups attached to an aromatic ring is 1. The van der Waals surface area contributed by atoms with Gasteiger partial charge in [-0.2, -0.15) is 9.29 Å². The van der Waals surface area contributed by atoms with Crippen molar-refractivity contribution >= 4 is 21.5 Å². The zero-order valence-electron chi connectivity index (χ0n) is 24.5. The summed E-state index contributed by atoms with van der Waals surface area (Å²) in [5.74, 6) is -0.150. The van der Waals surface area contributed by atoms with E-state index in [9.17, 15) is 33.9 Å². The third-order valence-corrected chi connectivity index (χ3v) is 6.39. The van der Waals surface area contributed by atoms with E-state index in [1.165, 1.54) is 6.07 Å². The van der Waals surface area contributed by atoms with Crippen molar-refractivity contribution in [2.75, 3.05) is 46.4 Å². The van der Waals surface area contributed by atoms with Gasteiger partial charge in [-0.25, -0.2) is 13.9 Å². The Morgan fingerprint density at radius 3 is 2.52 bits per heavy atom. The third kappa shape index (κ3) is 7.70. The van der Waals surface area contributed by atoms with E-state index < -0.39 is 91.0 Å². The molecule has 0 aliphatic carbocycles. The van der Waals surface area contributed by atoms with Crippen LogP contribution in [0.5, 0.6) is 0 Å². The molecule has 2 rings (SSSR count). The van der Waals surface area contributed by atoms with Crippen LogP contribution in [-0.2, 0) is 27.2 Å². The van der Waals surface area contributed by atoms with Gasteiger partial charge in [0.25, 0.3) is 0 Å². The lowest BCUT2D eigenvalue weighted by Gasteiger charge is -2.24. The molecule has 6 N–H and O–H groups in total. The van der Waals surface area contributed by atoms with Gasteiger partial charge in [-0.1, -0.05) is 0 Å². The van der Waals surface area contributed by atoms with Crippen LogP contribution in [0.25, 0.3) is 0 Å². The van der Waals surface area contributed by atoms with Gasteiger partial charge in [0.1, 0.15) is 37.3 Å². The summed E-state index contributed by atoms with van der Waals surface area (Å²) in [6, 6.07) is 1.18. The maximum Gasteiger partial charge on any atom is 0.481 e. The van der Waals surface area contributed by atoms with Crippen molar-refractivity contribution in [3.63, 3.8) is 0 Å². The summed E-state index contributed by atoms with van der Waals surface area (Å²) < 4.78 is 108. The number of aliphatic hydroxyl groups excluding tert-OH is 2. The summed E-state index contributed by atoms with van der Waals surface area (Å²) >= 11 is 0. The number of hydrogen-bond donors (Lipinski definition) is 5. The highest BCUT2D eigenvalue weighted by Crippen LogP contribution is 2.60. The Morgan fingerprint density at radius 1 is 1.26 bits per heavy atom. The van der Waals surface area contributed by atoms with Crippen LogP contribution in [0.1, 0.15) is 18.6 Å². The van der Waals surface area contributed by atoms with Gasteiger partial charge in [0.15, 0.2) is 6.23 Å². The van der Waals surface area contributed by atoms with Crippen molar-refractivity contribution in [2.24, 2.45) is 0 Å². The highest BCUT2D eigenvalue weighted by molar-refractivity contribution is 7.61. The van der Waals surface area contributed by atoms with Crippen molar-refractivity contribution in [1.29, 1.82) is 0 Å². The summed E-state index contributed by atoms with van der Waals surface area (Å²) in [5.41, 5.74) is 4.40. The Bertz CT molecular complexity index is 1180. The fourth-order valence-corrected chi connectivity index (χ4v) is 4.42. The minimum absolute atomic E-state index is 0.150. The van der Waals surface area contributed by atoms with E-state index in [4.69, 9.17) is 22.8 Å². The Labute approximate surface area is 190 Å². The number of nitrogens with zero attached hydrogens (tertiary/aromatic N) is 3. The predicted molar refractivity (Wildman–Crippen MR) is 104 cm³/mol. The molecule has 0 radical (unpaired) electrons. The van der Waals surface area contributed by atoms with Gasteiger partial charge in [0.05, 0.1) is 39.9 Å². The Hall–Kier alpha value is -1.22. The fraction of sp³-hybridized carbons (Fsp3) is 0.714. The Kier molecular flexibility index (Phi) is 4.89. The second-order valence-corrected chi connectivity index (χ2v) is 9.31. The molecule has 17 heteroatoms. The quantitative estimate of drug-likeness (QED) is 0.140. The summed E-state index contributed by atoms with van der Waals surface area (Å²) in [7, 11) is -11.2. The van der Waals surface area contributed by atoms with E-state index in [1.54, 1.807) is 0 Å². The van der Waals surface area contributed by atoms with Crippen LogP contribution in [0, 0.1) is 0 Å². The summed E-state index contributed by atoms with van der Waals surface area (Å²) in [4.78, 5) is 35.0. The lowest BCUT2D eigenvalue weighted by Crippen LogP contribution is -2.37. The van der Waals surface area contributed by atoms with Crippen LogP contribution < -0.4 is 11.4 Å². The number of rotatable bonds is 10. The fourth-order valence-electron chi connectivity index (χ4n) is 2.35. The standard InChI is InChI=1S/C14H26N4O11P2/c1-18(2,3)6-7-26-30(22,23)29-31(24,25)27-8-9-11(19)12(20)13(28-9)17-5-4-10(15)16-14(17)21/h4-5,9,11-13,19-20H,6-8H2,1-3H3,(H3-,15,16,21,22,23,24,25)/p+1/t9-,11-,12-,13-/m1/s1/i1D3,2D3,3D3,18+1. The van der Waals surface area contributed by atoms with Gasteiger partial charge in [-0.3, -0.25) is 13.6 Å². The molecular weight excluding hydrogens is 463 g/mol. The molecule has 15 nitrogen and oxygen atoms in total. The topological polar surface area (TPSA) is 213 Å². The lowest BCUT2D eigenvalue weighted by molar-refractivity contribution is -0.870. The molecule has 1 saturated heterocycles. The van der Waals surface area contributed by atoms with Crippen LogP contribution in [0.15, 0.2) is 17.1 Å². The molecule has 1 fully saturated rings. The van der Waals surface area contributed by atoms with E-state index in [0.29, 0.717) is 0 Å². The molecule has 1 aromatic rings. The van der Waals surface area contributed by atoms with E-state index in [0.717, 1.165) is 10.8 Å². The molecule has 0 spiro atoms. The van der Waals surface area contributed by atoms with Gasteiger partial charge in [-0.15, -0.1) is 0 Å². The number of hydrogen-bond acceptors (Lipinski definition) is 11. The van der Waals surface area contributed by atoms with Crippen molar-refractivity contribution < 1.29 is 64.0 Å². The number of phosphoric acid groups is 2. The average Bonchev–Trinajstić information content (AvgIpc) is 3.00. The number of nitrogens with two attached hydrogens (primary N) is 1. The smallest absolute Gasteiger partial charge is 0.387 e. The molecule has 178 valence electrons. The zero-order chi connectivity index (χ0) is 31.1. The number of anilines is 1. The van der Waals surface area contributed by atoms with Crippen molar-refractivity contribution in [3.05, 3.63) is 22.7 Å². The van der Waals surface area contributed by atoms with Crippen molar-refractivity contribution in [1.82, 2.24) is 9.55 Å². The van der Waals surface area contributed by atoms with E-state index in [-0.39, 0.29) is 5.82 Å². The van der Waals surface area contributed by atoms with Crippen LogP contribution in [0.2, 0.25) is 0 Å². The molecule has 2 heterocycles. The minimum Gasteiger partial charge on any atom is -0.387 e. The molecule has 0 aromatic carbocycles. The number of aromatic nitrogens is 2.